The normalized spacial score (nSPS) is 28.4. The lowest BCUT2D eigenvalue weighted by atomic mass is 9.85. The molecule has 0 aromatic heterocycles. The molecule has 0 unspecified atom stereocenters. The Labute approximate surface area is 94.0 Å². The summed E-state index contributed by atoms with van der Waals surface area (Å²) in [5.74, 6) is 0. The van der Waals surface area contributed by atoms with Crippen LogP contribution in [0.4, 0.5) is 0 Å². The van der Waals surface area contributed by atoms with E-state index in [1.807, 2.05) is 0 Å². The predicted molar refractivity (Wildman–Crippen MR) is 64.8 cm³/mol. The summed E-state index contributed by atoms with van der Waals surface area (Å²) in [6.45, 7) is 4.41. The molecule has 0 bridgehead atoms. The topological polar surface area (TPSA) is 38.0 Å². The molecule has 0 spiro atoms. The molecule has 0 atom stereocenters. The molecule has 2 nitrogen and oxygen atoms in total. The van der Waals surface area contributed by atoms with Crippen LogP contribution in [-0.4, -0.2) is 18.6 Å². The van der Waals surface area contributed by atoms with Crippen molar-refractivity contribution in [1.82, 2.24) is 5.32 Å². The molecule has 0 radical (unpaired) electrons. The Morgan fingerprint density at radius 1 is 1.00 bits per heavy atom. The second-order valence-electron chi connectivity index (χ2n) is 6.03. The summed E-state index contributed by atoms with van der Waals surface area (Å²) in [6, 6.07) is 0. The molecule has 2 fully saturated rings. The molecular formula is C13H26N2. The highest BCUT2D eigenvalue weighted by Crippen LogP contribution is 2.38. The molecule has 2 aliphatic rings. The van der Waals surface area contributed by atoms with Gasteiger partial charge in [0.1, 0.15) is 0 Å². The highest BCUT2D eigenvalue weighted by Gasteiger charge is 2.35. The van der Waals surface area contributed by atoms with Gasteiger partial charge in [-0.25, -0.2) is 0 Å². The van der Waals surface area contributed by atoms with E-state index in [0.717, 1.165) is 13.1 Å². The Hall–Kier alpha value is -0.0800. The fraction of sp³-hybridized carbons (Fsp3) is 1.00. The molecule has 2 saturated carbocycles. The molecule has 0 heterocycles. The van der Waals surface area contributed by atoms with Crippen LogP contribution in [-0.2, 0) is 0 Å². The van der Waals surface area contributed by atoms with E-state index in [1.54, 1.807) is 0 Å². The van der Waals surface area contributed by atoms with Gasteiger partial charge in [0.25, 0.3) is 0 Å². The molecule has 2 aliphatic carbocycles. The summed E-state index contributed by atoms with van der Waals surface area (Å²) in [7, 11) is 0. The molecule has 15 heavy (non-hydrogen) atoms. The second-order valence-corrected chi connectivity index (χ2v) is 6.03. The summed E-state index contributed by atoms with van der Waals surface area (Å²) in [5, 5.41) is 3.81. The van der Waals surface area contributed by atoms with Gasteiger partial charge in [0.05, 0.1) is 0 Å². The van der Waals surface area contributed by atoms with E-state index in [9.17, 15) is 0 Å². The number of rotatable bonds is 4. The molecule has 0 aromatic carbocycles. The van der Waals surface area contributed by atoms with Crippen LogP contribution >= 0.6 is 0 Å². The molecule has 0 amide bonds. The van der Waals surface area contributed by atoms with Gasteiger partial charge in [0, 0.05) is 12.1 Å². The molecule has 2 heteroatoms. The van der Waals surface area contributed by atoms with Crippen molar-refractivity contribution in [3.05, 3.63) is 0 Å². The minimum absolute atomic E-state index is 0.421. The minimum atomic E-state index is 0.421. The maximum absolute atomic E-state index is 5.96. The third kappa shape index (κ3) is 2.54. The van der Waals surface area contributed by atoms with E-state index in [1.165, 1.54) is 51.4 Å². The van der Waals surface area contributed by atoms with Gasteiger partial charge in [-0.05, 0) is 44.6 Å². The first-order valence-electron chi connectivity index (χ1n) is 6.63. The highest BCUT2D eigenvalue weighted by molar-refractivity contribution is 4.94. The van der Waals surface area contributed by atoms with Gasteiger partial charge in [-0.15, -0.1) is 0 Å². The van der Waals surface area contributed by atoms with Crippen molar-refractivity contribution in [1.29, 1.82) is 0 Å². The van der Waals surface area contributed by atoms with Crippen LogP contribution < -0.4 is 11.1 Å². The van der Waals surface area contributed by atoms with Gasteiger partial charge in [-0.3, -0.25) is 0 Å². The van der Waals surface area contributed by atoms with Crippen molar-refractivity contribution >= 4 is 0 Å². The number of nitrogens with one attached hydrogen (secondary N) is 1. The van der Waals surface area contributed by atoms with Crippen LogP contribution in [0.15, 0.2) is 0 Å². The largest absolute Gasteiger partial charge is 0.330 e. The monoisotopic (exact) mass is 210 g/mol. The predicted octanol–water partition coefficient (Wildman–Crippen LogP) is 2.43. The first-order valence-corrected chi connectivity index (χ1v) is 6.63. The van der Waals surface area contributed by atoms with Gasteiger partial charge in [0.2, 0.25) is 0 Å². The SMILES string of the molecule is CC1(NCC2(CN)CCCC2)CCCC1. The lowest BCUT2D eigenvalue weighted by Crippen LogP contribution is -2.47. The van der Waals surface area contributed by atoms with Crippen molar-refractivity contribution in [2.24, 2.45) is 11.1 Å². The number of hydrogen-bond acceptors (Lipinski definition) is 2. The molecule has 0 aliphatic heterocycles. The lowest BCUT2D eigenvalue weighted by molar-refractivity contribution is 0.240. The Morgan fingerprint density at radius 2 is 1.53 bits per heavy atom. The van der Waals surface area contributed by atoms with E-state index >= 15 is 0 Å². The van der Waals surface area contributed by atoms with Gasteiger partial charge in [-0.1, -0.05) is 25.7 Å². The lowest BCUT2D eigenvalue weighted by Gasteiger charge is -2.34. The molecule has 88 valence electrons. The fourth-order valence-electron chi connectivity index (χ4n) is 3.31. The highest BCUT2D eigenvalue weighted by atomic mass is 15.0. The summed E-state index contributed by atoms with van der Waals surface area (Å²) in [5.41, 5.74) is 6.81. The van der Waals surface area contributed by atoms with E-state index in [2.05, 4.69) is 12.2 Å². The second kappa shape index (κ2) is 4.42. The number of hydrogen-bond donors (Lipinski definition) is 2. The summed E-state index contributed by atoms with van der Waals surface area (Å²) in [4.78, 5) is 0. The van der Waals surface area contributed by atoms with Crippen LogP contribution in [0.5, 0.6) is 0 Å². The van der Waals surface area contributed by atoms with E-state index in [-0.39, 0.29) is 0 Å². The van der Waals surface area contributed by atoms with Crippen LogP contribution in [0, 0.1) is 5.41 Å². The average Bonchev–Trinajstić information content (AvgIpc) is 2.86. The average molecular weight is 210 g/mol. The zero-order valence-electron chi connectivity index (χ0n) is 10.1. The van der Waals surface area contributed by atoms with E-state index in [0.29, 0.717) is 11.0 Å². The third-order valence-electron chi connectivity index (χ3n) is 4.69. The van der Waals surface area contributed by atoms with Crippen molar-refractivity contribution < 1.29 is 0 Å². The van der Waals surface area contributed by atoms with Gasteiger partial charge < -0.3 is 11.1 Å². The minimum Gasteiger partial charge on any atom is -0.330 e. The van der Waals surface area contributed by atoms with Gasteiger partial charge in [0.15, 0.2) is 0 Å². The maximum Gasteiger partial charge on any atom is 0.0153 e. The smallest absolute Gasteiger partial charge is 0.0153 e. The molecular weight excluding hydrogens is 184 g/mol. The Kier molecular flexibility index (Phi) is 3.36. The van der Waals surface area contributed by atoms with Crippen LogP contribution in [0.2, 0.25) is 0 Å². The zero-order valence-corrected chi connectivity index (χ0v) is 10.1. The van der Waals surface area contributed by atoms with Crippen molar-refractivity contribution in [2.75, 3.05) is 13.1 Å². The quantitative estimate of drug-likeness (QED) is 0.748. The van der Waals surface area contributed by atoms with Gasteiger partial charge >= 0.3 is 0 Å². The molecule has 0 aromatic rings. The number of nitrogens with two attached hydrogens (primary N) is 1. The van der Waals surface area contributed by atoms with Crippen molar-refractivity contribution in [3.63, 3.8) is 0 Å². The first kappa shape index (κ1) is 11.4. The molecule has 0 saturated heterocycles. The standard InChI is InChI=1S/C13H26N2/c1-12(6-2-3-7-12)15-11-13(10-14)8-4-5-9-13/h15H,2-11,14H2,1H3. The fourth-order valence-corrected chi connectivity index (χ4v) is 3.31. The summed E-state index contributed by atoms with van der Waals surface area (Å²) in [6.07, 6.45) is 11.0. The van der Waals surface area contributed by atoms with Crippen LogP contribution in [0.25, 0.3) is 0 Å². The first-order chi connectivity index (χ1) is 7.18. The Morgan fingerprint density at radius 3 is 2.07 bits per heavy atom. The third-order valence-corrected chi connectivity index (χ3v) is 4.69. The summed E-state index contributed by atoms with van der Waals surface area (Å²) >= 11 is 0. The van der Waals surface area contributed by atoms with Crippen LogP contribution in [0.3, 0.4) is 0 Å². The van der Waals surface area contributed by atoms with Crippen molar-refractivity contribution in [2.45, 2.75) is 63.8 Å². The van der Waals surface area contributed by atoms with Crippen molar-refractivity contribution in [3.8, 4) is 0 Å². The zero-order chi connectivity index (χ0) is 10.8. The van der Waals surface area contributed by atoms with E-state index < -0.39 is 0 Å². The molecule has 2 rings (SSSR count). The van der Waals surface area contributed by atoms with E-state index in [4.69, 9.17) is 5.73 Å². The summed E-state index contributed by atoms with van der Waals surface area (Å²) < 4.78 is 0. The Bertz CT molecular complexity index is 201. The molecule has 3 N–H and O–H groups in total. The van der Waals surface area contributed by atoms with Gasteiger partial charge in [-0.2, -0.15) is 0 Å². The van der Waals surface area contributed by atoms with Crippen LogP contribution in [0.1, 0.15) is 58.3 Å². The Balaban J connectivity index is 1.85. The maximum atomic E-state index is 5.96.